The lowest BCUT2D eigenvalue weighted by Crippen LogP contribution is -2.64. The van der Waals surface area contributed by atoms with Crippen molar-refractivity contribution in [3.8, 4) is 0 Å². The van der Waals surface area contributed by atoms with Gasteiger partial charge in [0.2, 0.25) is 0 Å². The van der Waals surface area contributed by atoms with Crippen LogP contribution in [0.3, 0.4) is 0 Å². The van der Waals surface area contributed by atoms with Crippen LogP contribution in [0.15, 0.2) is 24.3 Å². The first-order valence-electron chi connectivity index (χ1n) is 24.1. The van der Waals surface area contributed by atoms with E-state index in [0.29, 0.717) is 38.5 Å². The first-order chi connectivity index (χ1) is 30.9. The van der Waals surface area contributed by atoms with Gasteiger partial charge in [-0.25, -0.2) is 9.13 Å². The molecule has 0 spiro atoms. The van der Waals surface area contributed by atoms with E-state index in [1.54, 1.807) is 0 Å². The summed E-state index contributed by atoms with van der Waals surface area (Å²) in [7, 11) is -10.7. The number of rotatable bonds is 40. The largest absolute Gasteiger partial charge is 0.472 e. The average molecular weight is 975 g/mol. The van der Waals surface area contributed by atoms with E-state index in [1.807, 2.05) is 12.2 Å². The van der Waals surface area contributed by atoms with Crippen molar-refractivity contribution < 1.29 is 87.1 Å². The predicted octanol–water partition coefficient (Wildman–Crippen LogP) is 6.90. The van der Waals surface area contributed by atoms with Crippen LogP contribution in [0.1, 0.15) is 181 Å². The first kappa shape index (κ1) is 61.4. The lowest BCUT2D eigenvalue weighted by molar-refractivity contribution is -0.216. The highest BCUT2D eigenvalue weighted by Crippen LogP contribution is 2.49. The van der Waals surface area contributed by atoms with Crippen LogP contribution in [-0.4, -0.2) is 125 Å². The molecule has 0 radical (unpaired) electrons. The highest BCUT2D eigenvalue weighted by molar-refractivity contribution is 7.47. The number of esters is 2. The molecule has 5 unspecified atom stereocenters. The summed E-state index contributed by atoms with van der Waals surface area (Å²) in [6.45, 7) is 2.84. The Balaban J connectivity index is 2.63. The summed E-state index contributed by atoms with van der Waals surface area (Å²) >= 11 is 0. The second-order valence-electron chi connectivity index (χ2n) is 17.1. The standard InChI is InChI=1S/C45H84O18P2/c1-3-5-7-9-11-12-13-14-15-16-17-18-19-23-28-32-39(49)61-35(34-60-65(57,58)63-45-42(52)40(50)41(51)44(43(45)53)62-64(54,55)56)33-59-38(48)31-27-24-20-22-26-30-37(47)36(46)29-25-21-10-8-6-4-2/h5,7,21,25,35-37,40-47,50-53H,3-4,6,8-20,22-24,26-34H2,1-2H3,(H,57,58)(H2,54,55,56)/b7-5-,25-21-/t35-,36-,37-,40?,41?,42?,43?,44-,45+/m1/s1. The normalized spacial score (nSPS) is 22.8. The van der Waals surface area contributed by atoms with Crippen LogP contribution in [0.2, 0.25) is 0 Å². The van der Waals surface area contributed by atoms with E-state index in [2.05, 4.69) is 30.5 Å². The molecule has 0 aromatic carbocycles. The Labute approximate surface area is 387 Å². The van der Waals surface area contributed by atoms with Crippen molar-refractivity contribution in [2.75, 3.05) is 13.2 Å². The number of phosphoric acid groups is 2. The molecule has 1 aliphatic rings. The third-order valence-corrected chi connectivity index (χ3v) is 12.7. The highest BCUT2D eigenvalue weighted by Gasteiger charge is 2.54. The zero-order valence-corrected chi connectivity index (χ0v) is 40.7. The zero-order chi connectivity index (χ0) is 48.5. The zero-order valence-electron chi connectivity index (χ0n) is 38.9. The SMILES string of the molecule is CC/C=C\CCCCCCCCCCCCCC(=O)O[C@H](COC(=O)CCCCCCC[C@@H](O)[C@H](O)C/C=C\CCCCC)COP(=O)(O)O[C@H]1C(O)C(O)C(O)[C@@H](OP(=O)(O)O)C1O. The van der Waals surface area contributed by atoms with Crippen molar-refractivity contribution in [3.05, 3.63) is 24.3 Å². The molecule has 1 rings (SSSR count). The summed E-state index contributed by atoms with van der Waals surface area (Å²) in [5.74, 6) is -1.31. The van der Waals surface area contributed by atoms with Crippen LogP contribution in [-0.2, 0) is 41.8 Å². The molecule has 1 aliphatic carbocycles. The quantitative estimate of drug-likeness (QED) is 0.0131. The fourth-order valence-electron chi connectivity index (χ4n) is 7.35. The lowest BCUT2D eigenvalue weighted by Gasteiger charge is -2.43. The van der Waals surface area contributed by atoms with E-state index >= 15 is 0 Å². The molecule has 0 amide bonds. The maximum absolute atomic E-state index is 13.0. The van der Waals surface area contributed by atoms with E-state index in [9.17, 15) is 64.0 Å². The van der Waals surface area contributed by atoms with E-state index in [1.165, 1.54) is 32.1 Å². The number of aliphatic hydroxyl groups excluding tert-OH is 6. The number of unbranched alkanes of at least 4 members (excludes halogenated alkanes) is 18. The number of aliphatic hydroxyl groups is 6. The van der Waals surface area contributed by atoms with Crippen molar-refractivity contribution in [1.82, 2.24) is 0 Å². The maximum atomic E-state index is 13.0. The molecule has 0 bridgehead atoms. The third-order valence-electron chi connectivity index (χ3n) is 11.2. The molecule has 20 heteroatoms. The first-order valence-corrected chi connectivity index (χ1v) is 27.1. The Bertz CT molecular complexity index is 1390. The van der Waals surface area contributed by atoms with Crippen LogP contribution < -0.4 is 0 Å². The summed E-state index contributed by atoms with van der Waals surface area (Å²) in [5.41, 5.74) is 0. The van der Waals surface area contributed by atoms with Gasteiger partial charge >= 0.3 is 27.6 Å². The number of hydrogen-bond donors (Lipinski definition) is 9. The van der Waals surface area contributed by atoms with Gasteiger partial charge in [-0.05, 0) is 57.8 Å². The van der Waals surface area contributed by atoms with E-state index in [0.717, 1.165) is 83.5 Å². The van der Waals surface area contributed by atoms with Crippen molar-refractivity contribution in [2.24, 2.45) is 0 Å². The van der Waals surface area contributed by atoms with Gasteiger partial charge < -0.3 is 54.8 Å². The molecule has 1 saturated carbocycles. The summed E-state index contributed by atoms with van der Waals surface area (Å²) in [6, 6.07) is 0. The van der Waals surface area contributed by atoms with E-state index < -0.39 is 95.7 Å². The molecule has 0 aliphatic heterocycles. The molecule has 10 atom stereocenters. The smallest absolute Gasteiger partial charge is 0.462 e. The molecule has 0 aromatic heterocycles. The Morgan fingerprint density at radius 1 is 0.554 bits per heavy atom. The van der Waals surface area contributed by atoms with Crippen molar-refractivity contribution in [1.29, 1.82) is 0 Å². The highest BCUT2D eigenvalue weighted by atomic mass is 31.2. The maximum Gasteiger partial charge on any atom is 0.472 e. The van der Waals surface area contributed by atoms with Gasteiger partial charge in [-0.2, -0.15) is 0 Å². The second kappa shape index (κ2) is 36.4. The summed E-state index contributed by atoms with van der Waals surface area (Å²) in [5, 5.41) is 61.7. The minimum absolute atomic E-state index is 0.0129. The van der Waals surface area contributed by atoms with Gasteiger partial charge in [-0.15, -0.1) is 0 Å². The predicted molar refractivity (Wildman–Crippen MR) is 244 cm³/mol. The number of carbonyl (C=O) groups is 2. The minimum atomic E-state index is -5.38. The Kier molecular flexibility index (Phi) is 34.4. The molecule has 18 nitrogen and oxygen atoms in total. The third kappa shape index (κ3) is 30.5. The molecule has 0 aromatic rings. The Hall–Kier alpha value is -1.60. The monoisotopic (exact) mass is 975 g/mol. The van der Waals surface area contributed by atoms with Gasteiger partial charge in [0.1, 0.15) is 43.2 Å². The summed E-state index contributed by atoms with van der Waals surface area (Å²) in [4.78, 5) is 54.3. The van der Waals surface area contributed by atoms with Crippen molar-refractivity contribution >= 4 is 27.6 Å². The van der Waals surface area contributed by atoms with Gasteiger partial charge in [0.05, 0.1) is 18.8 Å². The van der Waals surface area contributed by atoms with Crippen LogP contribution in [0, 0.1) is 0 Å². The molecular weight excluding hydrogens is 890 g/mol. The van der Waals surface area contributed by atoms with Gasteiger partial charge in [-0.1, -0.05) is 134 Å². The van der Waals surface area contributed by atoms with Crippen LogP contribution in [0.5, 0.6) is 0 Å². The summed E-state index contributed by atoms with van der Waals surface area (Å²) in [6.07, 6.45) is 14.3. The van der Waals surface area contributed by atoms with E-state index in [4.69, 9.17) is 18.5 Å². The second-order valence-corrected chi connectivity index (χ2v) is 19.7. The average Bonchev–Trinajstić information content (AvgIpc) is 3.25. The topological polar surface area (TPSA) is 296 Å². The molecule has 9 N–H and O–H groups in total. The molecule has 0 heterocycles. The van der Waals surface area contributed by atoms with Gasteiger partial charge in [-0.3, -0.25) is 23.2 Å². The van der Waals surface area contributed by atoms with Gasteiger partial charge in [0.15, 0.2) is 6.10 Å². The molecule has 0 saturated heterocycles. The Morgan fingerprint density at radius 2 is 1.05 bits per heavy atom. The van der Waals surface area contributed by atoms with Crippen LogP contribution in [0.4, 0.5) is 0 Å². The molecule has 382 valence electrons. The number of allylic oxidation sites excluding steroid dienone is 3. The number of hydrogen-bond acceptors (Lipinski definition) is 15. The molecule has 1 fully saturated rings. The lowest BCUT2D eigenvalue weighted by atomic mass is 9.85. The number of ether oxygens (including phenoxy) is 2. The fourth-order valence-corrected chi connectivity index (χ4v) is 8.88. The Morgan fingerprint density at radius 3 is 1.60 bits per heavy atom. The van der Waals surface area contributed by atoms with Gasteiger partial charge in [0, 0.05) is 12.8 Å². The fraction of sp³-hybridized carbons (Fsp3) is 0.867. The summed E-state index contributed by atoms with van der Waals surface area (Å²) < 4.78 is 49.3. The van der Waals surface area contributed by atoms with Crippen molar-refractivity contribution in [3.63, 3.8) is 0 Å². The number of phosphoric ester groups is 2. The molecule has 65 heavy (non-hydrogen) atoms. The van der Waals surface area contributed by atoms with Crippen LogP contribution in [0.25, 0.3) is 0 Å². The van der Waals surface area contributed by atoms with Crippen molar-refractivity contribution in [2.45, 2.75) is 236 Å². The minimum Gasteiger partial charge on any atom is -0.462 e. The number of carbonyl (C=O) groups excluding carboxylic acids is 2. The van der Waals surface area contributed by atoms with Gasteiger partial charge in [0.25, 0.3) is 0 Å². The van der Waals surface area contributed by atoms with Crippen LogP contribution >= 0.6 is 15.6 Å². The molecular formula is C45H84O18P2. The van der Waals surface area contributed by atoms with E-state index in [-0.39, 0.29) is 12.8 Å².